The summed E-state index contributed by atoms with van der Waals surface area (Å²) >= 11 is 0. The summed E-state index contributed by atoms with van der Waals surface area (Å²) in [5.74, 6) is -1.45. The molecule has 0 saturated carbocycles. The number of carboxylic acid groups (broad SMARTS) is 1. The molecule has 102 valence electrons. The number of halogens is 1. The van der Waals surface area contributed by atoms with Gasteiger partial charge >= 0.3 is 5.97 Å². The van der Waals surface area contributed by atoms with E-state index < -0.39 is 5.97 Å². The Bertz CT molecular complexity index is 832. The zero-order chi connectivity index (χ0) is 14.4. The Hall–Kier alpha value is -2.63. The molecule has 0 fully saturated rings. The largest absolute Gasteiger partial charge is 0.477 e. The van der Waals surface area contributed by atoms with E-state index in [0.29, 0.717) is 16.8 Å². The fraction of sp³-hybridized carbons (Fsp3) is 0.143. The molecule has 0 spiro atoms. The maximum absolute atomic E-state index is 14.2. The molecule has 2 heterocycles. The summed E-state index contributed by atoms with van der Waals surface area (Å²) in [6.07, 6.45) is 1.85. The van der Waals surface area contributed by atoms with Crippen molar-refractivity contribution in [2.24, 2.45) is 7.05 Å². The van der Waals surface area contributed by atoms with Crippen LogP contribution in [0.4, 0.5) is 4.39 Å². The number of nitrogens with one attached hydrogen (secondary N) is 1. The molecule has 0 aliphatic carbocycles. The van der Waals surface area contributed by atoms with Gasteiger partial charge in [-0.3, -0.25) is 5.10 Å². The van der Waals surface area contributed by atoms with E-state index in [0.717, 1.165) is 10.9 Å². The van der Waals surface area contributed by atoms with Crippen LogP contribution < -0.4 is 0 Å². The molecule has 5 nitrogen and oxygen atoms in total. The third-order valence-corrected chi connectivity index (χ3v) is 3.33. The minimum Gasteiger partial charge on any atom is -0.477 e. The first-order valence-electron chi connectivity index (χ1n) is 6.01. The van der Waals surface area contributed by atoms with Gasteiger partial charge in [-0.1, -0.05) is 0 Å². The molecule has 2 aromatic heterocycles. The van der Waals surface area contributed by atoms with Crippen molar-refractivity contribution in [1.82, 2.24) is 14.8 Å². The number of hydrogen-bond acceptors (Lipinski definition) is 2. The lowest BCUT2D eigenvalue weighted by Crippen LogP contribution is -1.95. The van der Waals surface area contributed by atoms with Crippen LogP contribution in [-0.4, -0.2) is 25.8 Å². The van der Waals surface area contributed by atoms with Crippen molar-refractivity contribution in [2.45, 2.75) is 6.92 Å². The van der Waals surface area contributed by atoms with Crippen LogP contribution in [-0.2, 0) is 7.05 Å². The van der Waals surface area contributed by atoms with Crippen LogP contribution in [0.15, 0.2) is 24.4 Å². The number of aromatic nitrogens is 3. The van der Waals surface area contributed by atoms with Crippen LogP contribution >= 0.6 is 0 Å². The highest BCUT2D eigenvalue weighted by Gasteiger charge is 2.14. The van der Waals surface area contributed by atoms with E-state index in [1.807, 2.05) is 19.2 Å². The molecule has 0 saturated heterocycles. The minimum atomic E-state index is -1.10. The topological polar surface area (TPSA) is 70.9 Å². The Morgan fingerprint density at radius 3 is 2.80 bits per heavy atom. The van der Waals surface area contributed by atoms with Crippen molar-refractivity contribution in [3.63, 3.8) is 0 Å². The van der Waals surface area contributed by atoms with Crippen molar-refractivity contribution in [2.75, 3.05) is 0 Å². The maximum atomic E-state index is 14.2. The average Bonchev–Trinajstić information content (AvgIpc) is 2.95. The van der Waals surface area contributed by atoms with Gasteiger partial charge in [-0.25, -0.2) is 9.18 Å². The lowest BCUT2D eigenvalue weighted by atomic mass is 10.1. The Labute approximate surface area is 113 Å². The molecule has 0 aliphatic rings. The van der Waals surface area contributed by atoms with Crippen LogP contribution in [0.3, 0.4) is 0 Å². The number of hydrogen-bond donors (Lipinski definition) is 2. The Morgan fingerprint density at radius 1 is 1.40 bits per heavy atom. The van der Waals surface area contributed by atoms with Gasteiger partial charge in [0.1, 0.15) is 11.5 Å². The molecule has 20 heavy (non-hydrogen) atoms. The van der Waals surface area contributed by atoms with Gasteiger partial charge in [-0.05, 0) is 30.7 Å². The van der Waals surface area contributed by atoms with E-state index in [1.54, 1.807) is 11.6 Å². The average molecular weight is 273 g/mol. The van der Waals surface area contributed by atoms with E-state index in [4.69, 9.17) is 5.11 Å². The summed E-state index contributed by atoms with van der Waals surface area (Å²) < 4.78 is 15.9. The van der Waals surface area contributed by atoms with Crippen LogP contribution in [0.5, 0.6) is 0 Å². The summed E-state index contributed by atoms with van der Waals surface area (Å²) in [6, 6.07) is 4.57. The first kappa shape index (κ1) is 12.4. The maximum Gasteiger partial charge on any atom is 0.353 e. The summed E-state index contributed by atoms with van der Waals surface area (Å²) in [5, 5.41) is 16.0. The quantitative estimate of drug-likeness (QED) is 0.754. The number of aromatic carboxylic acids is 1. The third-order valence-electron chi connectivity index (χ3n) is 3.33. The first-order chi connectivity index (χ1) is 9.47. The van der Waals surface area contributed by atoms with Crippen LogP contribution in [0, 0.1) is 12.7 Å². The van der Waals surface area contributed by atoms with Gasteiger partial charge in [0.25, 0.3) is 0 Å². The monoisotopic (exact) mass is 273 g/mol. The van der Waals surface area contributed by atoms with Crippen molar-refractivity contribution < 1.29 is 14.3 Å². The highest BCUT2D eigenvalue weighted by molar-refractivity contribution is 5.90. The minimum absolute atomic E-state index is 0.0229. The number of benzene rings is 1. The van der Waals surface area contributed by atoms with Gasteiger partial charge in [0.05, 0.1) is 11.2 Å². The van der Waals surface area contributed by atoms with E-state index in [9.17, 15) is 9.18 Å². The lowest BCUT2D eigenvalue weighted by molar-refractivity contribution is 0.0690. The van der Waals surface area contributed by atoms with Crippen LogP contribution in [0.1, 0.15) is 16.1 Å². The van der Waals surface area contributed by atoms with Gasteiger partial charge in [0.2, 0.25) is 0 Å². The highest BCUT2D eigenvalue weighted by Crippen LogP contribution is 2.29. The molecule has 0 bridgehead atoms. The predicted molar refractivity (Wildman–Crippen MR) is 72.2 cm³/mol. The van der Waals surface area contributed by atoms with E-state index in [1.165, 1.54) is 12.1 Å². The molecule has 2 N–H and O–H groups in total. The number of carboxylic acids is 1. The number of carbonyl (C=O) groups is 1. The van der Waals surface area contributed by atoms with E-state index in [-0.39, 0.29) is 11.5 Å². The number of H-pyrrole nitrogens is 1. The molecule has 0 unspecified atom stereocenters. The van der Waals surface area contributed by atoms with Crippen molar-refractivity contribution >= 4 is 16.9 Å². The smallest absolute Gasteiger partial charge is 0.353 e. The molecule has 3 aromatic rings. The number of aromatic amines is 1. The number of nitrogens with zero attached hydrogens (tertiary/aromatic N) is 2. The van der Waals surface area contributed by atoms with E-state index >= 15 is 0 Å². The first-order valence-corrected chi connectivity index (χ1v) is 6.01. The molecule has 3 rings (SSSR count). The van der Waals surface area contributed by atoms with Crippen molar-refractivity contribution in [3.05, 3.63) is 41.5 Å². The molecule has 6 heteroatoms. The summed E-state index contributed by atoms with van der Waals surface area (Å²) in [7, 11) is 1.79. The second kappa shape index (κ2) is 4.19. The second-order valence-electron chi connectivity index (χ2n) is 4.75. The van der Waals surface area contributed by atoms with E-state index in [2.05, 4.69) is 10.2 Å². The zero-order valence-corrected chi connectivity index (χ0v) is 10.9. The molecule has 1 aromatic carbocycles. The summed E-state index contributed by atoms with van der Waals surface area (Å²) in [5.41, 5.74) is 2.42. The van der Waals surface area contributed by atoms with Gasteiger partial charge in [0.15, 0.2) is 0 Å². The van der Waals surface area contributed by atoms with Crippen molar-refractivity contribution in [3.8, 4) is 11.3 Å². The predicted octanol–water partition coefficient (Wildman–Crippen LogP) is 2.71. The molecule has 0 atom stereocenters. The molecular weight excluding hydrogens is 261 g/mol. The van der Waals surface area contributed by atoms with Crippen molar-refractivity contribution in [1.29, 1.82) is 0 Å². The number of fused-ring (bicyclic) bond motifs is 1. The molecule has 0 amide bonds. The highest BCUT2D eigenvalue weighted by atomic mass is 19.1. The number of rotatable bonds is 2. The SMILES string of the molecule is Cc1cn(C)c2c(F)cc(-c3cc(C(=O)O)[nH]n3)cc12. The Kier molecular flexibility index (Phi) is 2.60. The fourth-order valence-electron chi connectivity index (χ4n) is 2.41. The normalized spacial score (nSPS) is 11.2. The third kappa shape index (κ3) is 1.77. The number of aryl methyl sites for hydroxylation is 2. The lowest BCUT2D eigenvalue weighted by Gasteiger charge is -2.02. The Balaban J connectivity index is 2.21. The standard InChI is InChI=1S/C14H12FN3O2/c1-7-6-18(2)13-9(7)3-8(4-10(13)15)11-5-12(14(19)20)17-16-11/h3-6H,1-2H3,(H,16,17)(H,19,20). The molecule has 0 radical (unpaired) electrons. The fourth-order valence-corrected chi connectivity index (χ4v) is 2.41. The van der Waals surface area contributed by atoms with Gasteiger partial charge < -0.3 is 9.67 Å². The Morgan fingerprint density at radius 2 is 2.15 bits per heavy atom. The van der Waals surface area contributed by atoms with Gasteiger partial charge in [-0.2, -0.15) is 5.10 Å². The molecular formula is C14H12FN3O2. The zero-order valence-electron chi connectivity index (χ0n) is 10.9. The van der Waals surface area contributed by atoms with Crippen LogP contribution in [0.2, 0.25) is 0 Å². The van der Waals surface area contributed by atoms with Gasteiger partial charge in [-0.15, -0.1) is 0 Å². The summed E-state index contributed by atoms with van der Waals surface area (Å²) in [6.45, 7) is 1.90. The second-order valence-corrected chi connectivity index (χ2v) is 4.75. The molecule has 0 aliphatic heterocycles. The van der Waals surface area contributed by atoms with Crippen LogP contribution in [0.25, 0.3) is 22.2 Å². The summed E-state index contributed by atoms with van der Waals surface area (Å²) in [4.78, 5) is 10.8. The van der Waals surface area contributed by atoms with Gasteiger partial charge in [0, 0.05) is 24.2 Å².